The number of piperazine rings is 1. The van der Waals surface area contributed by atoms with E-state index in [0.29, 0.717) is 6.54 Å². The van der Waals surface area contributed by atoms with E-state index >= 15 is 0 Å². The van der Waals surface area contributed by atoms with Gasteiger partial charge in [0.2, 0.25) is 0 Å². The lowest BCUT2D eigenvalue weighted by Gasteiger charge is -2.38. The standard InChI is InChI=1S/C18H18N2O2.ClH/c21-17-20-12-11-19-13-16(20)18(22-17,14-7-3-1-4-8-14)15-9-5-2-6-10-15;/h1-10,16,19H,11-13H2;1H. The van der Waals surface area contributed by atoms with Crippen LogP contribution in [0.15, 0.2) is 60.7 Å². The van der Waals surface area contributed by atoms with Gasteiger partial charge in [0, 0.05) is 30.8 Å². The third kappa shape index (κ3) is 2.38. The molecule has 0 spiro atoms. The van der Waals surface area contributed by atoms with Crippen molar-refractivity contribution in [3.8, 4) is 0 Å². The number of cyclic esters (lactones) is 1. The highest BCUT2D eigenvalue weighted by Crippen LogP contribution is 2.44. The summed E-state index contributed by atoms with van der Waals surface area (Å²) >= 11 is 0. The zero-order chi connectivity index (χ0) is 15.0. The summed E-state index contributed by atoms with van der Waals surface area (Å²) in [5.41, 5.74) is 1.30. The number of nitrogens with one attached hydrogen (secondary N) is 1. The van der Waals surface area contributed by atoms with Gasteiger partial charge in [-0.05, 0) is 0 Å². The van der Waals surface area contributed by atoms with Crippen LogP contribution in [0, 0.1) is 0 Å². The van der Waals surface area contributed by atoms with Crippen LogP contribution in [-0.2, 0) is 10.3 Å². The third-order valence-corrected chi connectivity index (χ3v) is 4.60. The Morgan fingerprint density at radius 1 is 1.00 bits per heavy atom. The van der Waals surface area contributed by atoms with E-state index in [4.69, 9.17) is 4.74 Å². The number of fused-ring (bicyclic) bond motifs is 1. The molecule has 4 nitrogen and oxygen atoms in total. The SMILES string of the molecule is Cl.O=C1OC(c2ccccc2)(c2ccccc2)C2CNCCN12. The lowest BCUT2D eigenvalue weighted by Crippen LogP contribution is -2.55. The van der Waals surface area contributed by atoms with Gasteiger partial charge in [0.1, 0.15) is 0 Å². The van der Waals surface area contributed by atoms with Crippen LogP contribution in [0.4, 0.5) is 4.79 Å². The number of amides is 1. The van der Waals surface area contributed by atoms with E-state index in [-0.39, 0.29) is 24.5 Å². The molecule has 2 aromatic rings. The molecule has 0 aliphatic carbocycles. The molecular formula is C18H19ClN2O2. The number of ether oxygens (including phenoxy) is 1. The Balaban J connectivity index is 0.00000156. The first kappa shape index (κ1) is 15.8. The molecule has 2 saturated heterocycles. The fraction of sp³-hybridized carbons (Fsp3) is 0.278. The van der Waals surface area contributed by atoms with E-state index in [1.54, 1.807) is 0 Å². The molecule has 23 heavy (non-hydrogen) atoms. The molecule has 5 heteroatoms. The Bertz CT molecular complexity index is 638. The molecule has 120 valence electrons. The summed E-state index contributed by atoms with van der Waals surface area (Å²) in [6, 6.07) is 20.1. The summed E-state index contributed by atoms with van der Waals surface area (Å²) in [6.45, 7) is 2.23. The third-order valence-electron chi connectivity index (χ3n) is 4.60. The van der Waals surface area contributed by atoms with Gasteiger partial charge in [-0.25, -0.2) is 4.79 Å². The van der Waals surface area contributed by atoms with E-state index in [9.17, 15) is 4.79 Å². The van der Waals surface area contributed by atoms with Gasteiger partial charge < -0.3 is 10.1 Å². The maximum absolute atomic E-state index is 12.4. The average Bonchev–Trinajstić information content (AvgIpc) is 2.91. The maximum Gasteiger partial charge on any atom is 0.411 e. The van der Waals surface area contributed by atoms with Gasteiger partial charge in [-0.1, -0.05) is 60.7 Å². The van der Waals surface area contributed by atoms with Crippen LogP contribution in [0.3, 0.4) is 0 Å². The number of hydrogen-bond acceptors (Lipinski definition) is 3. The van der Waals surface area contributed by atoms with Crippen molar-refractivity contribution >= 4 is 18.5 Å². The van der Waals surface area contributed by atoms with Crippen molar-refractivity contribution in [3.63, 3.8) is 0 Å². The molecule has 1 unspecified atom stereocenters. The van der Waals surface area contributed by atoms with Crippen LogP contribution in [0.25, 0.3) is 0 Å². The number of hydrogen-bond donors (Lipinski definition) is 1. The van der Waals surface area contributed by atoms with Crippen molar-refractivity contribution in [2.45, 2.75) is 11.6 Å². The van der Waals surface area contributed by atoms with Gasteiger partial charge in [-0.3, -0.25) is 4.90 Å². The fourth-order valence-electron chi connectivity index (χ4n) is 3.59. The lowest BCUT2D eigenvalue weighted by atomic mass is 9.79. The Morgan fingerprint density at radius 3 is 2.13 bits per heavy atom. The quantitative estimate of drug-likeness (QED) is 0.920. The van der Waals surface area contributed by atoms with E-state index in [1.165, 1.54) is 0 Å². The molecule has 2 heterocycles. The molecule has 2 fully saturated rings. The first-order valence-corrected chi connectivity index (χ1v) is 7.64. The molecular weight excluding hydrogens is 312 g/mol. The predicted molar refractivity (Wildman–Crippen MR) is 90.8 cm³/mol. The van der Waals surface area contributed by atoms with Crippen molar-refractivity contribution < 1.29 is 9.53 Å². The van der Waals surface area contributed by atoms with Crippen LogP contribution in [-0.4, -0.2) is 36.7 Å². The fourth-order valence-corrected chi connectivity index (χ4v) is 3.59. The second-order valence-electron chi connectivity index (χ2n) is 5.75. The summed E-state index contributed by atoms with van der Waals surface area (Å²) in [5, 5.41) is 3.40. The average molecular weight is 331 g/mol. The monoisotopic (exact) mass is 330 g/mol. The van der Waals surface area contributed by atoms with Crippen LogP contribution >= 0.6 is 12.4 Å². The molecule has 1 amide bonds. The summed E-state index contributed by atoms with van der Waals surface area (Å²) in [5.74, 6) is 0. The number of rotatable bonds is 2. The molecule has 2 aliphatic rings. The highest BCUT2D eigenvalue weighted by atomic mass is 35.5. The number of carbonyl (C=O) groups is 1. The molecule has 1 atom stereocenters. The van der Waals surface area contributed by atoms with E-state index < -0.39 is 5.60 Å². The smallest absolute Gasteiger partial charge is 0.411 e. The molecule has 0 saturated carbocycles. The number of halogens is 1. The number of benzene rings is 2. The molecule has 0 aromatic heterocycles. The van der Waals surface area contributed by atoms with Crippen molar-refractivity contribution in [1.29, 1.82) is 0 Å². The van der Waals surface area contributed by atoms with Crippen LogP contribution in [0.2, 0.25) is 0 Å². The van der Waals surface area contributed by atoms with Gasteiger partial charge in [-0.2, -0.15) is 0 Å². The molecule has 0 radical (unpaired) electrons. The maximum atomic E-state index is 12.4. The Hall–Kier alpha value is -2.04. The molecule has 1 N–H and O–H groups in total. The first-order chi connectivity index (χ1) is 10.8. The second kappa shape index (κ2) is 6.22. The van der Waals surface area contributed by atoms with E-state index in [0.717, 1.165) is 24.2 Å². The van der Waals surface area contributed by atoms with Gasteiger partial charge >= 0.3 is 6.09 Å². The minimum atomic E-state index is -0.743. The molecule has 2 aliphatic heterocycles. The van der Waals surface area contributed by atoms with Gasteiger partial charge in [-0.15, -0.1) is 12.4 Å². The van der Waals surface area contributed by atoms with E-state index in [1.807, 2.05) is 65.6 Å². The topological polar surface area (TPSA) is 41.6 Å². The molecule has 0 bridgehead atoms. The zero-order valence-corrected chi connectivity index (χ0v) is 13.5. The Kier molecular flexibility index (Phi) is 4.28. The van der Waals surface area contributed by atoms with Gasteiger partial charge in [0.05, 0.1) is 6.04 Å². The highest BCUT2D eigenvalue weighted by molar-refractivity contribution is 5.85. The van der Waals surface area contributed by atoms with Crippen molar-refractivity contribution in [2.24, 2.45) is 0 Å². The minimum Gasteiger partial charge on any atom is -0.431 e. The number of carbonyl (C=O) groups excluding carboxylic acids is 1. The van der Waals surface area contributed by atoms with Crippen LogP contribution in [0.1, 0.15) is 11.1 Å². The Labute approximate surface area is 141 Å². The van der Waals surface area contributed by atoms with Gasteiger partial charge in [0.25, 0.3) is 0 Å². The summed E-state index contributed by atoms with van der Waals surface area (Å²) in [4.78, 5) is 14.3. The van der Waals surface area contributed by atoms with Crippen molar-refractivity contribution in [1.82, 2.24) is 10.2 Å². The second-order valence-corrected chi connectivity index (χ2v) is 5.75. The minimum absolute atomic E-state index is 0. The number of nitrogens with zero attached hydrogens (tertiary/aromatic N) is 1. The molecule has 4 rings (SSSR count). The Morgan fingerprint density at radius 2 is 1.57 bits per heavy atom. The highest BCUT2D eigenvalue weighted by Gasteiger charge is 2.56. The predicted octanol–water partition coefficient (Wildman–Crippen LogP) is 2.78. The summed E-state index contributed by atoms with van der Waals surface area (Å²) < 4.78 is 6.02. The van der Waals surface area contributed by atoms with Crippen molar-refractivity contribution in [3.05, 3.63) is 71.8 Å². The van der Waals surface area contributed by atoms with Crippen molar-refractivity contribution in [2.75, 3.05) is 19.6 Å². The normalized spacial score (nSPS) is 22.0. The first-order valence-electron chi connectivity index (χ1n) is 7.64. The van der Waals surface area contributed by atoms with Gasteiger partial charge in [0.15, 0.2) is 5.60 Å². The lowest BCUT2D eigenvalue weighted by molar-refractivity contribution is 0.0658. The zero-order valence-electron chi connectivity index (χ0n) is 12.6. The largest absolute Gasteiger partial charge is 0.431 e. The van der Waals surface area contributed by atoms with Crippen LogP contribution in [0.5, 0.6) is 0 Å². The van der Waals surface area contributed by atoms with Crippen LogP contribution < -0.4 is 5.32 Å². The molecule has 2 aromatic carbocycles. The van der Waals surface area contributed by atoms with E-state index in [2.05, 4.69) is 5.32 Å². The summed E-state index contributed by atoms with van der Waals surface area (Å²) in [6.07, 6.45) is -0.223. The summed E-state index contributed by atoms with van der Waals surface area (Å²) in [7, 11) is 0.